The zero-order chi connectivity index (χ0) is 10.8. The molecule has 0 spiro atoms. The number of rotatable bonds is 9. The fourth-order valence-electron chi connectivity index (χ4n) is 1.71. The molecule has 0 heterocycles. The molecule has 0 aromatic rings. The first-order valence-electron chi connectivity index (χ1n) is 6.25. The van der Waals surface area contributed by atoms with Crippen molar-refractivity contribution in [1.29, 1.82) is 0 Å². The summed E-state index contributed by atoms with van der Waals surface area (Å²) in [6, 6.07) is 0. The van der Waals surface area contributed by atoms with Gasteiger partial charge in [0.25, 0.3) is 0 Å². The van der Waals surface area contributed by atoms with Crippen molar-refractivity contribution in [2.75, 3.05) is 7.11 Å². The van der Waals surface area contributed by atoms with Crippen molar-refractivity contribution in [3.63, 3.8) is 0 Å². The van der Waals surface area contributed by atoms with Crippen LogP contribution in [0.4, 0.5) is 0 Å². The number of methoxy groups -OCH3 is 1. The van der Waals surface area contributed by atoms with Gasteiger partial charge >= 0.3 is 0 Å². The minimum atomic E-state index is 0.422. The number of hydrogen-bond donors (Lipinski definition) is 0. The zero-order valence-corrected chi connectivity index (χ0v) is 10.5. The van der Waals surface area contributed by atoms with E-state index in [9.17, 15) is 0 Å². The number of hydrogen-bond acceptors (Lipinski definition) is 1. The molecule has 0 radical (unpaired) electrons. The average Bonchev–Trinajstić information content (AvgIpc) is 2.21. The van der Waals surface area contributed by atoms with Gasteiger partial charge < -0.3 is 4.74 Å². The molecule has 2 unspecified atom stereocenters. The Kier molecular flexibility index (Phi) is 9.49. The lowest BCUT2D eigenvalue weighted by molar-refractivity contribution is 0.0693. The molecule has 2 atom stereocenters. The van der Waals surface area contributed by atoms with E-state index in [0.717, 1.165) is 0 Å². The van der Waals surface area contributed by atoms with Gasteiger partial charge in [0.05, 0.1) is 6.10 Å². The Bertz CT molecular complexity index is 112. The van der Waals surface area contributed by atoms with Gasteiger partial charge in [-0.2, -0.15) is 0 Å². The van der Waals surface area contributed by atoms with Gasteiger partial charge in [-0.1, -0.05) is 52.4 Å². The Morgan fingerprint density at radius 3 is 2.07 bits per heavy atom. The number of unbranched alkanes of at least 4 members (excludes halogenated alkanes) is 5. The maximum atomic E-state index is 5.31. The third-order valence-corrected chi connectivity index (χ3v) is 3.19. The van der Waals surface area contributed by atoms with Crippen LogP contribution >= 0.6 is 0 Å². The molecule has 0 aliphatic heterocycles. The van der Waals surface area contributed by atoms with Gasteiger partial charge in [0.15, 0.2) is 0 Å². The average molecular weight is 200 g/mol. The minimum absolute atomic E-state index is 0.422. The lowest BCUT2D eigenvalue weighted by Gasteiger charge is -2.17. The van der Waals surface area contributed by atoms with Crippen molar-refractivity contribution < 1.29 is 4.74 Å². The van der Waals surface area contributed by atoms with E-state index < -0.39 is 0 Å². The van der Waals surface area contributed by atoms with Gasteiger partial charge in [0.1, 0.15) is 0 Å². The second kappa shape index (κ2) is 9.51. The third-order valence-electron chi connectivity index (χ3n) is 3.19. The van der Waals surface area contributed by atoms with Crippen molar-refractivity contribution in [2.24, 2.45) is 5.92 Å². The fourth-order valence-corrected chi connectivity index (χ4v) is 1.71. The molecule has 0 aromatic carbocycles. The molecule has 0 saturated heterocycles. The van der Waals surface area contributed by atoms with Crippen LogP contribution in [-0.4, -0.2) is 13.2 Å². The lowest BCUT2D eigenvalue weighted by atomic mass is 9.98. The van der Waals surface area contributed by atoms with Gasteiger partial charge in [0.2, 0.25) is 0 Å². The monoisotopic (exact) mass is 200 g/mol. The second-order valence-electron chi connectivity index (χ2n) is 4.47. The van der Waals surface area contributed by atoms with Crippen LogP contribution in [0.15, 0.2) is 0 Å². The molecule has 0 fully saturated rings. The molecule has 86 valence electrons. The summed E-state index contributed by atoms with van der Waals surface area (Å²) in [4.78, 5) is 0. The van der Waals surface area contributed by atoms with Crippen LogP contribution in [0.3, 0.4) is 0 Å². The van der Waals surface area contributed by atoms with E-state index in [1.807, 2.05) is 7.11 Å². The summed E-state index contributed by atoms with van der Waals surface area (Å²) in [7, 11) is 1.81. The van der Waals surface area contributed by atoms with Gasteiger partial charge in [-0.3, -0.25) is 0 Å². The van der Waals surface area contributed by atoms with Crippen molar-refractivity contribution >= 4 is 0 Å². The molecule has 0 aromatic heterocycles. The SMILES string of the molecule is CCCCCCCCC(C)C(C)OC. The predicted octanol–water partition coefficient (Wildman–Crippen LogP) is 4.41. The summed E-state index contributed by atoms with van der Waals surface area (Å²) < 4.78 is 5.31. The lowest BCUT2D eigenvalue weighted by Crippen LogP contribution is -2.15. The maximum Gasteiger partial charge on any atom is 0.0568 e. The van der Waals surface area contributed by atoms with Crippen LogP contribution in [0.5, 0.6) is 0 Å². The van der Waals surface area contributed by atoms with E-state index in [2.05, 4.69) is 20.8 Å². The summed E-state index contributed by atoms with van der Waals surface area (Å²) in [6.45, 7) is 6.73. The summed E-state index contributed by atoms with van der Waals surface area (Å²) in [5, 5.41) is 0. The molecule has 0 aliphatic rings. The number of ether oxygens (including phenoxy) is 1. The van der Waals surface area contributed by atoms with E-state index in [-0.39, 0.29) is 0 Å². The van der Waals surface area contributed by atoms with E-state index >= 15 is 0 Å². The highest BCUT2D eigenvalue weighted by Crippen LogP contribution is 2.16. The van der Waals surface area contributed by atoms with Crippen LogP contribution in [-0.2, 0) is 4.74 Å². The minimum Gasteiger partial charge on any atom is -0.381 e. The standard InChI is InChI=1S/C13H28O/c1-5-6-7-8-9-10-11-12(2)13(3)14-4/h12-13H,5-11H2,1-4H3. The van der Waals surface area contributed by atoms with Gasteiger partial charge in [-0.05, 0) is 19.3 Å². The second-order valence-corrected chi connectivity index (χ2v) is 4.47. The summed E-state index contributed by atoms with van der Waals surface area (Å²) in [5.74, 6) is 0.714. The molecule has 1 nitrogen and oxygen atoms in total. The van der Waals surface area contributed by atoms with Gasteiger partial charge in [-0.15, -0.1) is 0 Å². The van der Waals surface area contributed by atoms with E-state index in [1.54, 1.807) is 0 Å². The third kappa shape index (κ3) is 7.37. The van der Waals surface area contributed by atoms with Crippen LogP contribution < -0.4 is 0 Å². The summed E-state index contributed by atoms with van der Waals surface area (Å²) >= 11 is 0. The van der Waals surface area contributed by atoms with Crippen molar-refractivity contribution in [3.05, 3.63) is 0 Å². The van der Waals surface area contributed by atoms with Crippen LogP contribution in [0.2, 0.25) is 0 Å². The fraction of sp³-hybridized carbons (Fsp3) is 1.00. The highest BCUT2D eigenvalue weighted by molar-refractivity contribution is 4.60. The highest BCUT2D eigenvalue weighted by Gasteiger charge is 2.09. The zero-order valence-electron chi connectivity index (χ0n) is 10.5. The van der Waals surface area contributed by atoms with Gasteiger partial charge in [-0.25, -0.2) is 0 Å². The maximum absolute atomic E-state index is 5.31. The molecule has 0 aliphatic carbocycles. The smallest absolute Gasteiger partial charge is 0.0568 e. The predicted molar refractivity (Wildman–Crippen MR) is 63.6 cm³/mol. The van der Waals surface area contributed by atoms with Crippen molar-refractivity contribution in [3.8, 4) is 0 Å². The Labute approximate surface area is 90.2 Å². The molecule has 0 bridgehead atoms. The normalized spacial score (nSPS) is 15.4. The van der Waals surface area contributed by atoms with E-state index in [4.69, 9.17) is 4.74 Å². The largest absolute Gasteiger partial charge is 0.381 e. The van der Waals surface area contributed by atoms with Crippen LogP contribution in [0.1, 0.15) is 65.7 Å². The summed E-state index contributed by atoms with van der Waals surface area (Å²) in [6.07, 6.45) is 10.1. The Morgan fingerprint density at radius 2 is 1.50 bits per heavy atom. The van der Waals surface area contributed by atoms with Crippen LogP contribution in [0, 0.1) is 5.92 Å². The Morgan fingerprint density at radius 1 is 0.929 bits per heavy atom. The quantitative estimate of drug-likeness (QED) is 0.501. The molecule has 1 heteroatoms. The highest BCUT2D eigenvalue weighted by atomic mass is 16.5. The molecule has 0 saturated carbocycles. The molecular formula is C13H28O. The summed E-state index contributed by atoms with van der Waals surface area (Å²) in [5.41, 5.74) is 0. The first kappa shape index (κ1) is 14.0. The Hall–Kier alpha value is -0.0400. The topological polar surface area (TPSA) is 9.23 Å². The molecule has 14 heavy (non-hydrogen) atoms. The Balaban J connectivity index is 3.18. The van der Waals surface area contributed by atoms with E-state index in [1.165, 1.54) is 44.9 Å². The molecular weight excluding hydrogens is 172 g/mol. The van der Waals surface area contributed by atoms with Crippen molar-refractivity contribution in [2.45, 2.75) is 71.8 Å². The molecule has 0 rings (SSSR count). The molecule has 0 amide bonds. The van der Waals surface area contributed by atoms with Crippen molar-refractivity contribution in [1.82, 2.24) is 0 Å². The first-order valence-corrected chi connectivity index (χ1v) is 6.25. The van der Waals surface area contributed by atoms with E-state index in [0.29, 0.717) is 12.0 Å². The molecule has 0 N–H and O–H groups in total. The first-order chi connectivity index (χ1) is 6.72. The van der Waals surface area contributed by atoms with Gasteiger partial charge in [0, 0.05) is 7.11 Å². The van der Waals surface area contributed by atoms with Crippen LogP contribution in [0.25, 0.3) is 0 Å².